The Morgan fingerprint density at radius 1 is 0.750 bits per heavy atom. The molecule has 0 fully saturated rings. The van der Waals surface area contributed by atoms with Crippen LogP contribution in [0.5, 0.6) is 0 Å². The molecular formula is C6H4Br2Cl4. The van der Waals surface area contributed by atoms with Crippen molar-refractivity contribution in [1.29, 1.82) is 0 Å². The Morgan fingerprint density at radius 3 is 1.17 bits per heavy atom. The molecule has 0 aromatic heterocycles. The van der Waals surface area contributed by atoms with Crippen LogP contribution in [0.15, 0.2) is 20.1 Å². The second kappa shape index (κ2) is 6.97. The lowest BCUT2D eigenvalue weighted by molar-refractivity contribution is 1.59. The number of hydrogen-bond acceptors (Lipinski definition) is 0. The highest BCUT2D eigenvalue weighted by Gasteiger charge is 2.08. The summed E-state index contributed by atoms with van der Waals surface area (Å²) in [6, 6.07) is 0. The Morgan fingerprint density at radius 2 is 1.00 bits per heavy atom. The maximum absolute atomic E-state index is 5.78. The monoisotopic (exact) mass is 374 g/mol. The zero-order valence-electron chi connectivity index (χ0n) is 5.68. The van der Waals surface area contributed by atoms with Crippen molar-refractivity contribution in [2.24, 2.45) is 0 Å². The maximum Gasteiger partial charge on any atom is 0.0758 e. The number of alkyl halides is 2. The van der Waals surface area contributed by atoms with Gasteiger partial charge in [-0.3, -0.25) is 0 Å². The lowest BCUT2D eigenvalue weighted by atomic mass is 10.4. The minimum absolute atomic E-state index is 0.277. The summed E-state index contributed by atoms with van der Waals surface area (Å²) >= 11 is 29.3. The van der Waals surface area contributed by atoms with Crippen LogP contribution in [0, 0.1) is 0 Å². The van der Waals surface area contributed by atoms with Crippen LogP contribution in [-0.2, 0) is 0 Å². The Balaban J connectivity index is 4.82. The summed E-state index contributed by atoms with van der Waals surface area (Å²) in [5.41, 5.74) is 0. The molecule has 0 saturated heterocycles. The summed E-state index contributed by atoms with van der Waals surface area (Å²) < 4.78 is 0. The van der Waals surface area contributed by atoms with Gasteiger partial charge in [0.15, 0.2) is 0 Å². The van der Waals surface area contributed by atoms with Crippen molar-refractivity contribution in [1.82, 2.24) is 0 Å². The van der Waals surface area contributed by atoms with Gasteiger partial charge in [-0.15, -0.1) is 0 Å². The van der Waals surface area contributed by atoms with Crippen molar-refractivity contribution in [3.05, 3.63) is 20.1 Å². The topological polar surface area (TPSA) is 0 Å². The van der Waals surface area contributed by atoms with Gasteiger partial charge in [0.25, 0.3) is 0 Å². The zero-order valence-corrected chi connectivity index (χ0v) is 11.9. The van der Waals surface area contributed by atoms with E-state index in [-0.39, 0.29) is 10.1 Å². The van der Waals surface area contributed by atoms with Crippen LogP contribution in [0.25, 0.3) is 0 Å². The van der Waals surface area contributed by atoms with Crippen molar-refractivity contribution in [2.45, 2.75) is 0 Å². The molecule has 0 aliphatic heterocycles. The minimum atomic E-state index is 0.277. The van der Waals surface area contributed by atoms with E-state index in [1.165, 1.54) is 0 Å². The van der Waals surface area contributed by atoms with Crippen molar-refractivity contribution < 1.29 is 0 Å². The normalized spacial score (nSPS) is 15.5. The maximum atomic E-state index is 5.78. The van der Waals surface area contributed by atoms with Gasteiger partial charge < -0.3 is 0 Å². The van der Waals surface area contributed by atoms with E-state index in [1.54, 1.807) is 0 Å². The average Bonchev–Trinajstić information content (AvgIpc) is 2.12. The van der Waals surface area contributed by atoms with E-state index in [4.69, 9.17) is 46.4 Å². The highest BCUT2D eigenvalue weighted by Crippen LogP contribution is 2.30. The predicted molar refractivity (Wildman–Crippen MR) is 65.1 cm³/mol. The largest absolute Gasteiger partial charge is 0.0866 e. The molecular weight excluding hydrogens is 374 g/mol. The van der Waals surface area contributed by atoms with E-state index in [9.17, 15) is 0 Å². The first-order valence-electron chi connectivity index (χ1n) is 2.75. The first-order valence-corrected chi connectivity index (χ1v) is 6.50. The lowest BCUT2D eigenvalue weighted by Gasteiger charge is -2.01. The van der Waals surface area contributed by atoms with Gasteiger partial charge in [-0.1, -0.05) is 78.3 Å². The quantitative estimate of drug-likeness (QED) is 0.471. The molecule has 0 bridgehead atoms. The molecule has 0 aliphatic rings. The first-order chi connectivity index (χ1) is 5.54. The molecule has 0 heterocycles. The summed E-state index contributed by atoms with van der Waals surface area (Å²) in [4.78, 5) is 0. The van der Waals surface area contributed by atoms with Crippen LogP contribution < -0.4 is 0 Å². The van der Waals surface area contributed by atoms with Crippen molar-refractivity contribution in [2.75, 3.05) is 10.7 Å². The van der Waals surface area contributed by atoms with Gasteiger partial charge >= 0.3 is 0 Å². The van der Waals surface area contributed by atoms with Gasteiger partial charge in [-0.2, -0.15) is 0 Å². The Hall–Kier alpha value is 1.60. The molecule has 0 atom stereocenters. The third-order valence-electron chi connectivity index (χ3n) is 0.904. The van der Waals surface area contributed by atoms with Gasteiger partial charge in [-0.25, -0.2) is 0 Å². The van der Waals surface area contributed by atoms with E-state index in [0.717, 1.165) is 0 Å². The number of hydrogen-bond donors (Lipinski definition) is 0. The molecule has 0 saturated carbocycles. The smallest absolute Gasteiger partial charge is 0.0758 e. The fourth-order valence-electron chi connectivity index (χ4n) is 0.355. The van der Waals surface area contributed by atoms with Crippen molar-refractivity contribution in [3.63, 3.8) is 0 Å². The van der Waals surface area contributed by atoms with Gasteiger partial charge in [0.1, 0.15) is 0 Å². The molecule has 0 unspecified atom stereocenters. The Bertz CT molecular complexity index is 198. The molecule has 0 rings (SSSR count). The third kappa shape index (κ3) is 4.21. The second-order valence-corrected chi connectivity index (χ2v) is 4.49. The van der Waals surface area contributed by atoms with E-state index < -0.39 is 0 Å². The first kappa shape index (κ1) is 13.6. The van der Waals surface area contributed by atoms with Crippen molar-refractivity contribution in [3.8, 4) is 0 Å². The molecule has 0 spiro atoms. The second-order valence-electron chi connectivity index (χ2n) is 1.71. The fourth-order valence-corrected chi connectivity index (χ4v) is 1.89. The lowest BCUT2D eigenvalue weighted by Crippen LogP contribution is -1.85. The van der Waals surface area contributed by atoms with Gasteiger partial charge in [-0.05, 0) is 0 Å². The fraction of sp³-hybridized carbons (Fsp3) is 0.333. The number of halogens is 6. The summed E-state index contributed by atoms with van der Waals surface area (Å²) in [6.45, 7) is 0. The molecule has 0 amide bonds. The minimum Gasteiger partial charge on any atom is -0.0866 e. The van der Waals surface area contributed by atoms with Crippen LogP contribution >= 0.6 is 78.3 Å². The van der Waals surface area contributed by atoms with Crippen LogP contribution in [0.2, 0.25) is 0 Å². The van der Waals surface area contributed by atoms with Crippen molar-refractivity contribution >= 4 is 78.3 Å². The molecule has 12 heavy (non-hydrogen) atoms. The van der Waals surface area contributed by atoms with E-state index >= 15 is 0 Å². The number of rotatable bonds is 3. The molecule has 0 aromatic rings. The SMILES string of the molecule is Cl/C(CBr)=C(Cl)/C(Cl)=C(/Cl)CBr. The Labute approximate surface area is 108 Å². The molecule has 70 valence electrons. The van der Waals surface area contributed by atoms with E-state index in [1.807, 2.05) is 0 Å². The molecule has 0 aliphatic carbocycles. The number of allylic oxidation sites excluding steroid dienone is 4. The summed E-state index contributed by atoms with van der Waals surface area (Å²) in [5.74, 6) is 0. The van der Waals surface area contributed by atoms with Gasteiger partial charge in [0.05, 0.1) is 10.1 Å². The molecule has 6 heteroatoms. The Kier molecular flexibility index (Phi) is 7.90. The highest BCUT2D eigenvalue weighted by atomic mass is 79.9. The van der Waals surface area contributed by atoms with Crippen LogP contribution in [-0.4, -0.2) is 10.7 Å². The molecule has 0 nitrogen and oxygen atoms in total. The molecule has 0 N–H and O–H groups in total. The van der Waals surface area contributed by atoms with Gasteiger partial charge in [0, 0.05) is 20.7 Å². The molecule has 0 radical (unpaired) electrons. The van der Waals surface area contributed by atoms with Crippen LogP contribution in [0.3, 0.4) is 0 Å². The van der Waals surface area contributed by atoms with Gasteiger partial charge in [0.2, 0.25) is 0 Å². The molecule has 0 aromatic carbocycles. The third-order valence-corrected chi connectivity index (χ3v) is 4.44. The predicted octanol–water partition coefficient (Wildman–Crippen LogP) is 5.15. The summed E-state index contributed by atoms with van der Waals surface area (Å²) in [6.07, 6.45) is 0. The van der Waals surface area contributed by atoms with Crippen LogP contribution in [0.4, 0.5) is 0 Å². The average molecular weight is 378 g/mol. The van der Waals surface area contributed by atoms with E-state index in [2.05, 4.69) is 31.9 Å². The van der Waals surface area contributed by atoms with E-state index in [0.29, 0.717) is 20.7 Å². The standard InChI is InChI=1S/C6H4Br2Cl4/c7-1-3(9)5(11)6(12)4(10)2-8/h1-2H2/b5-3-,6-4-. The highest BCUT2D eigenvalue weighted by molar-refractivity contribution is 9.09. The summed E-state index contributed by atoms with van der Waals surface area (Å²) in [5, 5.41) is 2.33. The zero-order chi connectivity index (χ0) is 9.72. The summed E-state index contributed by atoms with van der Waals surface area (Å²) in [7, 11) is 0. The van der Waals surface area contributed by atoms with Crippen LogP contribution in [0.1, 0.15) is 0 Å².